The second-order valence-electron chi connectivity index (χ2n) is 2.87. The maximum Gasteiger partial charge on any atom is 0.314 e. The topological polar surface area (TPSA) is 80.6 Å². The van der Waals surface area contributed by atoms with Crippen LogP contribution in [0.25, 0.3) is 4.83 Å². The predicted molar refractivity (Wildman–Crippen MR) is 52.5 cm³/mol. The minimum absolute atomic E-state index is 0.0694. The molecule has 3 N–H and O–H groups in total. The fourth-order valence-corrected chi connectivity index (χ4v) is 2.19. The van der Waals surface area contributed by atoms with Crippen molar-refractivity contribution in [1.82, 2.24) is 9.38 Å². The van der Waals surface area contributed by atoms with Gasteiger partial charge in [0.05, 0.1) is 5.69 Å². The van der Waals surface area contributed by atoms with E-state index in [-0.39, 0.29) is 6.54 Å². The summed E-state index contributed by atoms with van der Waals surface area (Å²) < 4.78 is 1.80. The molecular formula is C8H9N3O2S. The Kier molecular flexibility index (Phi) is 2.22. The molecule has 1 unspecified atom stereocenters. The first-order valence-corrected chi connectivity index (χ1v) is 4.95. The number of thiazole rings is 1. The first kappa shape index (κ1) is 9.17. The molecule has 6 heteroatoms. The molecule has 74 valence electrons. The average Bonchev–Trinajstić information content (AvgIpc) is 2.69. The summed E-state index contributed by atoms with van der Waals surface area (Å²) in [7, 11) is 0. The number of fused-ring (bicyclic) bond motifs is 1. The predicted octanol–water partition coefficient (Wildman–Crippen LogP) is 0.523. The summed E-state index contributed by atoms with van der Waals surface area (Å²) in [5.74, 6) is -1.64. The van der Waals surface area contributed by atoms with Crippen molar-refractivity contribution in [2.45, 2.75) is 5.92 Å². The molecule has 0 amide bonds. The molecule has 14 heavy (non-hydrogen) atoms. The number of nitrogens with zero attached hydrogens (tertiary/aromatic N) is 2. The van der Waals surface area contributed by atoms with E-state index < -0.39 is 11.9 Å². The van der Waals surface area contributed by atoms with Crippen molar-refractivity contribution in [3.63, 3.8) is 0 Å². The van der Waals surface area contributed by atoms with Gasteiger partial charge in [-0.3, -0.25) is 9.20 Å². The van der Waals surface area contributed by atoms with Crippen molar-refractivity contribution >= 4 is 22.1 Å². The summed E-state index contributed by atoms with van der Waals surface area (Å²) in [6.07, 6.45) is 3.44. The van der Waals surface area contributed by atoms with Crippen LogP contribution >= 0.6 is 11.3 Å². The third-order valence-corrected chi connectivity index (χ3v) is 2.94. The smallest absolute Gasteiger partial charge is 0.314 e. The molecular weight excluding hydrogens is 202 g/mol. The van der Waals surface area contributed by atoms with E-state index in [1.165, 1.54) is 11.3 Å². The lowest BCUT2D eigenvalue weighted by atomic mass is 10.1. The molecule has 2 heterocycles. The second kappa shape index (κ2) is 3.39. The number of carboxylic acids is 1. The third kappa shape index (κ3) is 1.28. The van der Waals surface area contributed by atoms with Gasteiger partial charge in [-0.25, -0.2) is 4.98 Å². The van der Waals surface area contributed by atoms with E-state index in [1.54, 1.807) is 10.7 Å². The lowest BCUT2D eigenvalue weighted by Gasteiger charge is -2.05. The molecule has 5 nitrogen and oxygen atoms in total. The molecule has 0 aliphatic heterocycles. The summed E-state index contributed by atoms with van der Waals surface area (Å²) in [6.45, 7) is 0.0694. The van der Waals surface area contributed by atoms with Crippen molar-refractivity contribution < 1.29 is 9.90 Å². The summed E-state index contributed by atoms with van der Waals surface area (Å²) in [6, 6.07) is 0. The van der Waals surface area contributed by atoms with Gasteiger partial charge in [0.25, 0.3) is 0 Å². The van der Waals surface area contributed by atoms with Gasteiger partial charge in [-0.05, 0) is 0 Å². The van der Waals surface area contributed by atoms with E-state index in [4.69, 9.17) is 10.8 Å². The fraction of sp³-hybridized carbons (Fsp3) is 0.250. The zero-order valence-corrected chi connectivity index (χ0v) is 8.07. The van der Waals surface area contributed by atoms with Gasteiger partial charge in [0.15, 0.2) is 0 Å². The molecule has 0 aliphatic carbocycles. The minimum atomic E-state index is -0.929. The van der Waals surface area contributed by atoms with Crippen LogP contribution in [0.5, 0.6) is 0 Å². The highest BCUT2D eigenvalue weighted by Gasteiger charge is 2.23. The van der Waals surface area contributed by atoms with Gasteiger partial charge in [0.1, 0.15) is 17.1 Å². The van der Waals surface area contributed by atoms with Crippen LogP contribution in [0.2, 0.25) is 0 Å². The second-order valence-corrected chi connectivity index (χ2v) is 3.77. The Bertz CT molecular complexity index is 462. The molecule has 0 fully saturated rings. The maximum atomic E-state index is 10.9. The maximum absolute atomic E-state index is 10.9. The van der Waals surface area contributed by atoms with Crippen LogP contribution < -0.4 is 5.73 Å². The molecule has 0 aliphatic rings. The number of carboxylic acid groups (broad SMARTS) is 1. The molecule has 0 spiro atoms. The highest BCUT2D eigenvalue weighted by molar-refractivity contribution is 7.15. The Balaban J connectivity index is 2.51. The van der Waals surface area contributed by atoms with Crippen LogP contribution in [0.4, 0.5) is 0 Å². The largest absolute Gasteiger partial charge is 0.481 e. The Morgan fingerprint density at radius 3 is 3.21 bits per heavy atom. The van der Waals surface area contributed by atoms with Crippen molar-refractivity contribution in [3.05, 3.63) is 23.6 Å². The number of rotatable bonds is 3. The van der Waals surface area contributed by atoms with Gasteiger partial charge in [-0.15, -0.1) is 11.3 Å². The number of carbonyl (C=O) groups is 1. The lowest BCUT2D eigenvalue weighted by Crippen LogP contribution is -2.21. The van der Waals surface area contributed by atoms with Crippen molar-refractivity contribution in [3.8, 4) is 0 Å². The van der Waals surface area contributed by atoms with Gasteiger partial charge in [0.2, 0.25) is 0 Å². The van der Waals surface area contributed by atoms with E-state index in [0.717, 1.165) is 4.83 Å². The van der Waals surface area contributed by atoms with E-state index in [9.17, 15) is 4.79 Å². The molecule has 0 aromatic carbocycles. The zero-order valence-electron chi connectivity index (χ0n) is 7.25. The number of hydrogen-bond donors (Lipinski definition) is 2. The molecule has 0 saturated heterocycles. The van der Waals surface area contributed by atoms with Crippen molar-refractivity contribution in [2.75, 3.05) is 6.54 Å². The molecule has 2 rings (SSSR count). The molecule has 0 radical (unpaired) electrons. The monoisotopic (exact) mass is 211 g/mol. The first-order valence-electron chi connectivity index (χ1n) is 4.07. The number of hydrogen-bond acceptors (Lipinski definition) is 4. The average molecular weight is 211 g/mol. The third-order valence-electron chi connectivity index (χ3n) is 2.04. The van der Waals surface area contributed by atoms with Crippen LogP contribution in [0, 0.1) is 0 Å². The number of aromatic nitrogens is 2. The van der Waals surface area contributed by atoms with Crippen LogP contribution in [-0.4, -0.2) is 27.0 Å². The van der Waals surface area contributed by atoms with Gasteiger partial charge < -0.3 is 10.8 Å². The molecule has 0 bridgehead atoms. The van der Waals surface area contributed by atoms with Gasteiger partial charge >= 0.3 is 5.97 Å². The zero-order chi connectivity index (χ0) is 10.1. The fourth-order valence-electron chi connectivity index (χ4n) is 1.32. The van der Waals surface area contributed by atoms with Crippen LogP contribution in [0.3, 0.4) is 0 Å². The van der Waals surface area contributed by atoms with Gasteiger partial charge in [-0.2, -0.15) is 0 Å². The van der Waals surface area contributed by atoms with Crippen LogP contribution in [-0.2, 0) is 4.79 Å². The summed E-state index contributed by atoms with van der Waals surface area (Å²) in [4.78, 5) is 15.8. The first-order chi connectivity index (χ1) is 6.74. The quantitative estimate of drug-likeness (QED) is 0.775. The Hall–Kier alpha value is -1.40. The van der Waals surface area contributed by atoms with Gasteiger partial charge in [0, 0.05) is 18.1 Å². The summed E-state index contributed by atoms with van der Waals surface area (Å²) in [5.41, 5.74) is 5.95. The summed E-state index contributed by atoms with van der Waals surface area (Å²) in [5, 5.41) is 10.8. The Morgan fingerprint density at radius 1 is 1.79 bits per heavy atom. The molecule has 1 atom stereocenters. The number of aliphatic carboxylic acids is 1. The van der Waals surface area contributed by atoms with E-state index in [2.05, 4.69) is 4.98 Å². The standard InChI is InChI=1S/C8H9N3O2S/c9-3-5(8(12)13)6-7-11(4-10-6)1-2-14-7/h1-2,4-5H,3,9H2,(H,12,13). The van der Waals surface area contributed by atoms with E-state index in [0.29, 0.717) is 5.69 Å². The number of imidazole rings is 1. The van der Waals surface area contributed by atoms with Crippen molar-refractivity contribution in [2.24, 2.45) is 5.73 Å². The van der Waals surface area contributed by atoms with E-state index in [1.807, 2.05) is 11.6 Å². The molecule has 2 aromatic rings. The Labute approximate surface area is 83.8 Å². The highest BCUT2D eigenvalue weighted by atomic mass is 32.1. The molecule has 2 aromatic heterocycles. The molecule has 0 saturated carbocycles. The van der Waals surface area contributed by atoms with Crippen molar-refractivity contribution in [1.29, 1.82) is 0 Å². The lowest BCUT2D eigenvalue weighted by molar-refractivity contribution is -0.138. The van der Waals surface area contributed by atoms with Gasteiger partial charge in [-0.1, -0.05) is 0 Å². The van der Waals surface area contributed by atoms with Crippen LogP contribution in [0.1, 0.15) is 11.6 Å². The Morgan fingerprint density at radius 2 is 2.57 bits per heavy atom. The van der Waals surface area contributed by atoms with E-state index >= 15 is 0 Å². The normalized spacial score (nSPS) is 13.2. The van der Waals surface area contributed by atoms with Crippen LogP contribution in [0.15, 0.2) is 17.9 Å². The minimum Gasteiger partial charge on any atom is -0.481 e. The SMILES string of the molecule is NCC(C(=O)O)c1ncn2ccsc12. The number of nitrogens with two attached hydrogens (primary N) is 1. The highest BCUT2D eigenvalue weighted by Crippen LogP contribution is 2.23. The summed E-state index contributed by atoms with van der Waals surface area (Å²) >= 11 is 1.46.